The van der Waals surface area contributed by atoms with Crippen molar-refractivity contribution in [2.45, 2.75) is 44.9 Å². The molecule has 1 N–H and O–H groups in total. The number of ether oxygens (including phenoxy) is 3. The van der Waals surface area contributed by atoms with E-state index in [1.54, 1.807) is 7.11 Å². The molecule has 1 saturated heterocycles. The van der Waals surface area contributed by atoms with Gasteiger partial charge >= 0.3 is 5.76 Å². The summed E-state index contributed by atoms with van der Waals surface area (Å²) in [6.07, 6.45) is 2.74. The molecule has 0 spiro atoms. The van der Waals surface area contributed by atoms with Crippen molar-refractivity contribution < 1.29 is 28.3 Å². The van der Waals surface area contributed by atoms with Gasteiger partial charge in [0.2, 0.25) is 5.91 Å². The first-order valence-electron chi connectivity index (χ1n) is 11.4. The highest BCUT2D eigenvalue weighted by Gasteiger charge is 2.17. The Bertz CT molecular complexity index is 1260. The summed E-state index contributed by atoms with van der Waals surface area (Å²) in [5.74, 6) is 0.427. The van der Waals surface area contributed by atoms with Gasteiger partial charge in [0.05, 0.1) is 29.7 Å². The number of amides is 1. The molecule has 0 aliphatic carbocycles. The lowest BCUT2D eigenvalue weighted by Crippen LogP contribution is -2.23. The maximum atomic E-state index is 12.3. The molecular weight excluding hydrogens is 458 g/mol. The first kappa shape index (κ1) is 24.3. The highest BCUT2D eigenvalue weighted by atomic mass is 16.6. The number of aryl methyl sites for hydroxylation is 1. The predicted octanol–water partition coefficient (Wildman–Crippen LogP) is 3.17. The van der Waals surface area contributed by atoms with Gasteiger partial charge in [-0.25, -0.2) is 4.79 Å². The van der Waals surface area contributed by atoms with Gasteiger partial charge in [-0.15, -0.1) is 0 Å². The fraction of sp³-hybridized carbons (Fsp3) is 0.417. The van der Waals surface area contributed by atoms with Crippen molar-refractivity contribution in [2.75, 3.05) is 20.3 Å². The molecule has 11 nitrogen and oxygen atoms in total. The van der Waals surface area contributed by atoms with Crippen molar-refractivity contribution in [3.8, 4) is 11.5 Å². The highest BCUT2D eigenvalue weighted by Crippen LogP contribution is 2.29. The van der Waals surface area contributed by atoms with Crippen LogP contribution in [0.4, 0.5) is 5.69 Å². The molecule has 1 fully saturated rings. The first-order valence-corrected chi connectivity index (χ1v) is 11.4. The number of nitro benzene ring substituents is 1. The molecule has 2 heterocycles. The van der Waals surface area contributed by atoms with Gasteiger partial charge in [-0.1, -0.05) is 6.07 Å². The third-order valence-electron chi connectivity index (χ3n) is 5.81. The number of rotatable bonds is 11. The van der Waals surface area contributed by atoms with E-state index in [4.69, 9.17) is 18.6 Å². The van der Waals surface area contributed by atoms with Crippen LogP contribution < -0.4 is 20.5 Å². The first-order chi connectivity index (χ1) is 16.9. The number of carbonyl (C=O) groups is 1. The van der Waals surface area contributed by atoms with Gasteiger partial charge in [0.15, 0.2) is 17.1 Å². The van der Waals surface area contributed by atoms with E-state index in [1.165, 1.54) is 22.8 Å². The second-order valence-corrected chi connectivity index (χ2v) is 8.24. The zero-order valence-electron chi connectivity index (χ0n) is 19.4. The zero-order valence-corrected chi connectivity index (χ0v) is 19.4. The van der Waals surface area contributed by atoms with E-state index < -0.39 is 10.7 Å². The van der Waals surface area contributed by atoms with Crippen LogP contribution in [0.3, 0.4) is 0 Å². The molecule has 3 aromatic rings. The van der Waals surface area contributed by atoms with E-state index in [9.17, 15) is 19.7 Å². The second-order valence-electron chi connectivity index (χ2n) is 8.24. The summed E-state index contributed by atoms with van der Waals surface area (Å²) >= 11 is 0. The number of oxazole rings is 1. The summed E-state index contributed by atoms with van der Waals surface area (Å²) < 4.78 is 23.3. The third-order valence-corrected chi connectivity index (χ3v) is 5.81. The number of nitro groups is 1. The fourth-order valence-corrected chi connectivity index (χ4v) is 3.97. The Morgan fingerprint density at radius 2 is 2.11 bits per heavy atom. The molecule has 2 aromatic carbocycles. The number of non-ortho nitro benzene ring substituents is 1. The number of methoxy groups -OCH3 is 1. The van der Waals surface area contributed by atoms with Gasteiger partial charge in [0.1, 0.15) is 6.61 Å². The summed E-state index contributed by atoms with van der Waals surface area (Å²) in [4.78, 5) is 34.8. The highest BCUT2D eigenvalue weighted by molar-refractivity contribution is 5.76. The molecule has 1 atom stereocenters. The average molecular weight is 485 g/mol. The van der Waals surface area contributed by atoms with E-state index in [2.05, 4.69) is 5.32 Å². The minimum Gasteiger partial charge on any atom is -0.493 e. The summed E-state index contributed by atoms with van der Waals surface area (Å²) in [6, 6.07) is 9.50. The molecule has 1 aliphatic heterocycles. The Kier molecular flexibility index (Phi) is 7.66. The molecule has 35 heavy (non-hydrogen) atoms. The monoisotopic (exact) mass is 485 g/mol. The Labute approximate surface area is 200 Å². The van der Waals surface area contributed by atoms with Crippen LogP contribution in [-0.4, -0.2) is 41.8 Å². The molecule has 4 rings (SSSR count). The SMILES string of the molecule is COc1cc(CNC(=O)CCCn2c(=O)oc3cc([N+](=O)[O-])ccc32)ccc1OCC1CCCO1. The summed E-state index contributed by atoms with van der Waals surface area (Å²) in [6.45, 7) is 1.81. The number of hydrogen-bond acceptors (Lipinski definition) is 8. The third kappa shape index (κ3) is 5.99. The molecule has 11 heteroatoms. The summed E-state index contributed by atoms with van der Waals surface area (Å²) in [5, 5.41) is 13.8. The summed E-state index contributed by atoms with van der Waals surface area (Å²) in [7, 11) is 1.57. The zero-order chi connectivity index (χ0) is 24.8. The van der Waals surface area contributed by atoms with Crippen LogP contribution in [0.1, 0.15) is 31.2 Å². The second kappa shape index (κ2) is 11.0. The molecule has 0 radical (unpaired) electrons. The van der Waals surface area contributed by atoms with Crippen molar-refractivity contribution >= 4 is 22.7 Å². The van der Waals surface area contributed by atoms with Crippen LogP contribution in [0.15, 0.2) is 45.6 Å². The number of carbonyl (C=O) groups excluding carboxylic acids is 1. The Hall–Kier alpha value is -3.86. The molecule has 1 amide bonds. The largest absolute Gasteiger partial charge is 0.493 e. The van der Waals surface area contributed by atoms with E-state index in [1.807, 2.05) is 18.2 Å². The normalized spacial score (nSPS) is 15.3. The Morgan fingerprint density at radius 3 is 2.86 bits per heavy atom. The lowest BCUT2D eigenvalue weighted by molar-refractivity contribution is -0.384. The van der Waals surface area contributed by atoms with Crippen LogP contribution in [-0.2, 0) is 22.6 Å². The van der Waals surface area contributed by atoms with Crippen LogP contribution >= 0.6 is 0 Å². The Balaban J connectivity index is 1.26. The van der Waals surface area contributed by atoms with Gasteiger partial charge in [-0.3, -0.25) is 19.5 Å². The maximum absolute atomic E-state index is 12.3. The predicted molar refractivity (Wildman–Crippen MR) is 126 cm³/mol. The molecule has 0 bridgehead atoms. The average Bonchev–Trinajstić information content (AvgIpc) is 3.48. The van der Waals surface area contributed by atoms with Gasteiger partial charge in [-0.05, 0) is 43.0 Å². The molecule has 1 unspecified atom stereocenters. The molecule has 1 aromatic heterocycles. The smallest absolute Gasteiger partial charge is 0.419 e. The Morgan fingerprint density at radius 1 is 1.26 bits per heavy atom. The van der Waals surface area contributed by atoms with Gasteiger partial charge in [0, 0.05) is 32.2 Å². The van der Waals surface area contributed by atoms with Crippen LogP contribution in [0.5, 0.6) is 11.5 Å². The number of aromatic nitrogens is 1. The van der Waals surface area contributed by atoms with E-state index in [0.29, 0.717) is 36.6 Å². The van der Waals surface area contributed by atoms with Crippen LogP contribution in [0.2, 0.25) is 0 Å². The fourth-order valence-electron chi connectivity index (χ4n) is 3.97. The number of hydrogen-bond donors (Lipinski definition) is 1. The number of nitrogens with one attached hydrogen (secondary N) is 1. The minimum atomic E-state index is -0.616. The van der Waals surface area contributed by atoms with Crippen molar-refractivity contribution in [1.29, 1.82) is 0 Å². The van der Waals surface area contributed by atoms with Crippen molar-refractivity contribution in [3.63, 3.8) is 0 Å². The van der Waals surface area contributed by atoms with Gasteiger partial charge in [0.25, 0.3) is 5.69 Å². The van der Waals surface area contributed by atoms with Crippen molar-refractivity contribution in [3.05, 3.63) is 62.6 Å². The topological polar surface area (TPSA) is 135 Å². The van der Waals surface area contributed by atoms with E-state index in [0.717, 1.165) is 25.0 Å². The van der Waals surface area contributed by atoms with Gasteiger partial charge in [-0.2, -0.15) is 0 Å². The van der Waals surface area contributed by atoms with Crippen molar-refractivity contribution in [1.82, 2.24) is 9.88 Å². The molecule has 1 aliphatic rings. The lowest BCUT2D eigenvalue weighted by atomic mass is 10.2. The maximum Gasteiger partial charge on any atom is 0.419 e. The lowest BCUT2D eigenvalue weighted by Gasteiger charge is -2.15. The minimum absolute atomic E-state index is 0.105. The molecular formula is C24H27N3O8. The van der Waals surface area contributed by atoms with E-state index in [-0.39, 0.29) is 36.2 Å². The van der Waals surface area contributed by atoms with E-state index >= 15 is 0 Å². The number of nitrogens with zero attached hydrogens (tertiary/aromatic N) is 2. The molecule has 186 valence electrons. The van der Waals surface area contributed by atoms with Gasteiger partial charge < -0.3 is 23.9 Å². The summed E-state index contributed by atoms with van der Waals surface area (Å²) in [5.41, 5.74) is 1.30. The number of fused-ring (bicyclic) bond motifs is 1. The van der Waals surface area contributed by atoms with Crippen LogP contribution in [0.25, 0.3) is 11.1 Å². The standard InChI is InChI=1S/C24H27N3O8/c1-32-22-12-16(6-9-20(22)34-15-18-4-3-11-33-18)14-25-23(28)5-2-10-26-19-8-7-17(27(30)31)13-21(19)35-24(26)29/h6-9,12-13,18H,2-5,10-11,14-15H2,1H3,(H,25,28). The van der Waals surface area contributed by atoms with Crippen molar-refractivity contribution in [2.24, 2.45) is 0 Å². The number of benzene rings is 2. The molecule has 0 saturated carbocycles. The quantitative estimate of drug-likeness (QED) is 0.323. The van der Waals surface area contributed by atoms with Crippen LogP contribution in [0, 0.1) is 10.1 Å².